The van der Waals surface area contributed by atoms with Gasteiger partial charge in [0.2, 0.25) is 5.28 Å². The number of rotatable bonds is 9. The molecular formula is C24H21BrClN3O4. The zero-order valence-electron chi connectivity index (χ0n) is 17.8. The van der Waals surface area contributed by atoms with Crippen molar-refractivity contribution in [3.05, 3.63) is 91.9 Å². The van der Waals surface area contributed by atoms with Gasteiger partial charge in [0.15, 0.2) is 0 Å². The molecule has 1 aromatic heterocycles. The zero-order chi connectivity index (χ0) is 23.8. The SMILES string of the molecule is COC(=O)Cc1ccc(Br)cc1COCCc1cc(C#N)ccc1C(O)c1ccnc(Cl)n1. The van der Waals surface area contributed by atoms with E-state index >= 15 is 0 Å². The van der Waals surface area contributed by atoms with E-state index in [1.807, 2.05) is 18.2 Å². The van der Waals surface area contributed by atoms with Crippen LogP contribution in [0.25, 0.3) is 0 Å². The van der Waals surface area contributed by atoms with Crippen LogP contribution < -0.4 is 0 Å². The average molecular weight is 531 g/mol. The van der Waals surface area contributed by atoms with Crippen molar-refractivity contribution in [1.29, 1.82) is 5.26 Å². The summed E-state index contributed by atoms with van der Waals surface area (Å²) in [6.07, 6.45) is 1.07. The van der Waals surface area contributed by atoms with Crippen LogP contribution in [0.3, 0.4) is 0 Å². The number of benzene rings is 2. The summed E-state index contributed by atoms with van der Waals surface area (Å²) in [5.41, 5.74) is 3.92. The van der Waals surface area contributed by atoms with Gasteiger partial charge in [0.1, 0.15) is 6.10 Å². The molecule has 0 radical (unpaired) electrons. The van der Waals surface area contributed by atoms with Crippen molar-refractivity contribution in [3.8, 4) is 6.07 Å². The normalized spacial score (nSPS) is 11.6. The molecule has 0 aliphatic heterocycles. The van der Waals surface area contributed by atoms with Crippen LogP contribution in [-0.4, -0.2) is 34.8 Å². The highest BCUT2D eigenvalue weighted by molar-refractivity contribution is 9.10. The van der Waals surface area contributed by atoms with E-state index in [0.29, 0.717) is 36.5 Å². The fraction of sp³-hybridized carbons (Fsp3) is 0.250. The molecule has 0 spiro atoms. The highest BCUT2D eigenvalue weighted by Crippen LogP contribution is 2.26. The smallest absolute Gasteiger partial charge is 0.309 e. The Morgan fingerprint density at radius 2 is 2.03 bits per heavy atom. The van der Waals surface area contributed by atoms with Crippen molar-refractivity contribution in [2.45, 2.75) is 25.6 Å². The van der Waals surface area contributed by atoms with E-state index in [4.69, 9.17) is 21.1 Å². The third kappa shape index (κ3) is 6.83. The van der Waals surface area contributed by atoms with Crippen LogP contribution in [0.1, 0.15) is 39.6 Å². The van der Waals surface area contributed by atoms with Gasteiger partial charge in [-0.3, -0.25) is 4.79 Å². The molecule has 0 fully saturated rings. The van der Waals surface area contributed by atoms with Gasteiger partial charge in [0, 0.05) is 10.7 Å². The summed E-state index contributed by atoms with van der Waals surface area (Å²) in [6.45, 7) is 0.631. The summed E-state index contributed by atoms with van der Waals surface area (Å²) in [6, 6.07) is 14.4. The van der Waals surface area contributed by atoms with E-state index < -0.39 is 6.10 Å². The van der Waals surface area contributed by atoms with Crippen molar-refractivity contribution >= 4 is 33.5 Å². The van der Waals surface area contributed by atoms with Gasteiger partial charge < -0.3 is 14.6 Å². The number of nitriles is 1. The number of hydrogen-bond acceptors (Lipinski definition) is 7. The van der Waals surface area contributed by atoms with Crippen LogP contribution >= 0.6 is 27.5 Å². The second-order valence-electron chi connectivity index (χ2n) is 7.15. The maximum Gasteiger partial charge on any atom is 0.309 e. The number of aliphatic hydroxyl groups is 1. The number of aliphatic hydroxyl groups excluding tert-OH is 1. The van der Waals surface area contributed by atoms with Crippen LogP contribution in [0.15, 0.2) is 53.1 Å². The van der Waals surface area contributed by atoms with Crippen LogP contribution in [0.5, 0.6) is 0 Å². The lowest BCUT2D eigenvalue weighted by Crippen LogP contribution is -2.10. The number of nitrogens with zero attached hydrogens (tertiary/aromatic N) is 3. The molecule has 0 saturated heterocycles. The van der Waals surface area contributed by atoms with Crippen molar-refractivity contribution in [1.82, 2.24) is 9.97 Å². The highest BCUT2D eigenvalue weighted by atomic mass is 79.9. The quantitative estimate of drug-likeness (QED) is 0.249. The predicted molar refractivity (Wildman–Crippen MR) is 125 cm³/mol. The molecule has 2 aromatic carbocycles. The first kappa shape index (κ1) is 24.8. The Balaban J connectivity index is 1.72. The molecule has 33 heavy (non-hydrogen) atoms. The topological polar surface area (TPSA) is 105 Å². The standard InChI is InChI=1S/C24H21BrClN3O4/c1-32-22(30)12-16-3-4-19(25)11-18(16)14-33-9-7-17-10-15(13-27)2-5-20(17)23(31)21-6-8-28-24(26)29-21/h2-6,8,10-11,23,31H,7,9,12,14H2,1H3. The molecule has 0 aliphatic rings. The molecule has 170 valence electrons. The van der Waals surface area contributed by atoms with Crippen molar-refractivity contribution in [2.24, 2.45) is 0 Å². The Hall–Kier alpha value is -2.83. The van der Waals surface area contributed by atoms with E-state index in [-0.39, 0.29) is 17.7 Å². The summed E-state index contributed by atoms with van der Waals surface area (Å²) in [5.74, 6) is -0.324. The van der Waals surface area contributed by atoms with Gasteiger partial charge in [-0.15, -0.1) is 0 Å². The Morgan fingerprint density at radius 3 is 2.76 bits per heavy atom. The Kier molecular flexibility index (Phi) is 8.92. The lowest BCUT2D eigenvalue weighted by Gasteiger charge is -2.16. The van der Waals surface area contributed by atoms with Gasteiger partial charge >= 0.3 is 5.97 Å². The highest BCUT2D eigenvalue weighted by Gasteiger charge is 2.17. The van der Waals surface area contributed by atoms with Crippen LogP contribution in [0, 0.1) is 11.3 Å². The average Bonchev–Trinajstić information content (AvgIpc) is 2.82. The first-order chi connectivity index (χ1) is 15.9. The summed E-state index contributed by atoms with van der Waals surface area (Å²) < 4.78 is 11.5. The zero-order valence-corrected chi connectivity index (χ0v) is 20.1. The van der Waals surface area contributed by atoms with E-state index in [9.17, 15) is 15.2 Å². The third-order valence-electron chi connectivity index (χ3n) is 5.00. The first-order valence-corrected chi connectivity index (χ1v) is 11.2. The van der Waals surface area contributed by atoms with E-state index in [1.54, 1.807) is 24.3 Å². The number of methoxy groups -OCH3 is 1. The molecule has 3 rings (SSSR count). The number of hydrogen-bond donors (Lipinski definition) is 1. The summed E-state index contributed by atoms with van der Waals surface area (Å²) in [5, 5.41) is 20.2. The Labute approximate surface area is 205 Å². The van der Waals surface area contributed by atoms with Gasteiger partial charge in [-0.1, -0.05) is 28.1 Å². The number of halogens is 2. The maximum atomic E-state index is 11.7. The summed E-state index contributed by atoms with van der Waals surface area (Å²) in [7, 11) is 1.36. The number of aromatic nitrogens is 2. The minimum absolute atomic E-state index is 0.0434. The van der Waals surface area contributed by atoms with Crippen molar-refractivity contribution < 1.29 is 19.4 Å². The molecule has 1 unspecified atom stereocenters. The molecule has 1 N–H and O–H groups in total. The minimum Gasteiger partial charge on any atom is -0.469 e. The van der Waals surface area contributed by atoms with Crippen molar-refractivity contribution in [3.63, 3.8) is 0 Å². The van der Waals surface area contributed by atoms with Crippen LogP contribution in [0.4, 0.5) is 0 Å². The second-order valence-corrected chi connectivity index (χ2v) is 8.40. The molecule has 9 heteroatoms. The molecular weight excluding hydrogens is 510 g/mol. The lowest BCUT2D eigenvalue weighted by molar-refractivity contribution is -0.139. The largest absolute Gasteiger partial charge is 0.469 e. The predicted octanol–water partition coefficient (Wildman–Crippen LogP) is 4.32. The first-order valence-electron chi connectivity index (χ1n) is 10.0. The third-order valence-corrected chi connectivity index (χ3v) is 5.67. The molecule has 1 atom stereocenters. The fourth-order valence-electron chi connectivity index (χ4n) is 3.31. The molecule has 0 aliphatic carbocycles. The number of carbonyl (C=O) groups excluding carboxylic acids is 1. The van der Waals surface area contributed by atoms with E-state index in [1.165, 1.54) is 13.3 Å². The Bertz CT molecular complexity index is 1180. The van der Waals surface area contributed by atoms with Crippen molar-refractivity contribution in [2.75, 3.05) is 13.7 Å². The van der Waals surface area contributed by atoms with Gasteiger partial charge in [-0.05, 0) is 70.6 Å². The van der Waals surface area contributed by atoms with E-state index in [2.05, 4.69) is 32.0 Å². The van der Waals surface area contributed by atoms with Gasteiger partial charge in [-0.2, -0.15) is 5.26 Å². The monoisotopic (exact) mass is 529 g/mol. The summed E-state index contributed by atoms with van der Waals surface area (Å²) in [4.78, 5) is 19.6. The van der Waals surface area contributed by atoms with Crippen LogP contribution in [-0.2, 0) is 33.7 Å². The molecule has 1 heterocycles. The Morgan fingerprint density at radius 1 is 1.21 bits per heavy atom. The number of ether oxygens (including phenoxy) is 2. The minimum atomic E-state index is -1.02. The van der Waals surface area contributed by atoms with Gasteiger partial charge in [0.05, 0.1) is 44.1 Å². The number of esters is 1. The molecule has 0 amide bonds. The lowest BCUT2D eigenvalue weighted by atomic mass is 9.96. The summed E-state index contributed by atoms with van der Waals surface area (Å²) >= 11 is 9.30. The molecule has 0 saturated carbocycles. The van der Waals surface area contributed by atoms with Crippen LogP contribution in [0.2, 0.25) is 5.28 Å². The molecule has 7 nitrogen and oxygen atoms in total. The number of carbonyl (C=O) groups is 1. The fourth-order valence-corrected chi connectivity index (χ4v) is 3.87. The van der Waals surface area contributed by atoms with Gasteiger partial charge in [-0.25, -0.2) is 9.97 Å². The van der Waals surface area contributed by atoms with Gasteiger partial charge in [0.25, 0.3) is 0 Å². The maximum absolute atomic E-state index is 11.7. The molecule has 0 bridgehead atoms. The molecule has 3 aromatic rings. The second kappa shape index (κ2) is 11.9. The van der Waals surface area contributed by atoms with E-state index in [0.717, 1.165) is 21.2 Å².